The van der Waals surface area contributed by atoms with Crippen LogP contribution in [0.25, 0.3) is 0 Å². The van der Waals surface area contributed by atoms with Gasteiger partial charge in [-0.1, -0.05) is 0 Å². The molecule has 8 heteroatoms. The molecule has 0 saturated carbocycles. The molecule has 0 heterocycles. The van der Waals surface area contributed by atoms with Crippen molar-refractivity contribution >= 4 is 19.9 Å². The molecule has 0 atom stereocenters. The molecule has 0 fully saturated rings. The highest BCUT2D eigenvalue weighted by Gasteiger charge is 2.31. The third-order valence-corrected chi connectivity index (χ3v) is 6.38. The fourth-order valence-electron chi connectivity index (χ4n) is 1.10. The van der Waals surface area contributed by atoms with E-state index in [9.17, 15) is 21.2 Å². The van der Waals surface area contributed by atoms with Crippen LogP contribution in [0.15, 0.2) is 29.2 Å². The van der Waals surface area contributed by atoms with Gasteiger partial charge in [-0.15, -0.1) is 0 Å². The number of sulfonamides is 1. The molecule has 1 N–H and O–H groups in total. The van der Waals surface area contributed by atoms with Crippen LogP contribution < -0.4 is 4.72 Å². The lowest BCUT2D eigenvalue weighted by Gasteiger charge is -2.22. The molecule has 5 nitrogen and oxygen atoms in total. The van der Waals surface area contributed by atoms with Crippen LogP contribution in [0, 0.1) is 5.82 Å². The monoisotopic (exact) mass is 309 g/mol. The number of benzene rings is 1. The molecule has 0 spiro atoms. The van der Waals surface area contributed by atoms with E-state index in [1.807, 2.05) is 0 Å². The summed E-state index contributed by atoms with van der Waals surface area (Å²) in [5.41, 5.74) is 0. The summed E-state index contributed by atoms with van der Waals surface area (Å²) in [6.07, 6.45) is 1.04. The molecule has 0 amide bonds. The van der Waals surface area contributed by atoms with Crippen molar-refractivity contribution in [2.24, 2.45) is 0 Å². The number of rotatable bonds is 5. The predicted molar refractivity (Wildman–Crippen MR) is 70.5 cm³/mol. The Morgan fingerprint density at radius 2 is 1.58 bits per heavy atom. The Morgan fingerprint density at radius 3 is 2.00 bits per heavy atom. The normalized spacial score (nSPS) is 13.5. The van der Waals surface area contributed by atoms with E-state index >= 15 is 0 Å². The molecule has 108 valence electrons. The zero-order valence-electron chi connectivity index (χ0n) is 10.8. The molecule has 1 aromatic rings. The van der Waals surface area contributed by atoms with Gasteiger partial charge >= 0.3 is 0 Å². The van der Waals surface area contributed by atoms with Crippen molar-refractivity contribution in [3.8, 4) is 0 Å². The highest BCUT2D eigenvalue weighted by molar-refractivity contribution is 7.92. The van der Waals surface area contributed by atoms with Gasteiger partial charge in [-0.3, -0.25) is 0 Å². The van der Waals surface area contributed by atoms with E-state index < -0.39 is 30.4 Å². The third kappa shape index (κ3) is 3.99. The van der Waals surface area contributed by atoms with Crippen LogP contribution in [-0.4, -0.2) is 34.4 Å². The quantitative estimate of drug-likeness (QED) is 0.877. The molecular weight excluding hydrogens is 293 g/mol. The summed E-state index contributed by atoms with van der Waals surface area (Å²) in [5, 5.41) is 0. The second kappa shape index (κ2) is 5.18. The van der Waals surface area contributed by atoms with Crippen molar-refractivity contribution in [2.45, 2.75) is 23.5 Å². The number of sulfone groups is 1. The zero-order valence-corrected chi connectivity index (χ0v) is 12.5. The van der Waals surface area contributed by atoms with E-state index in [1.165, 1.54) is 13.8 Å². The highest BCUT2D eigenvalue weighted by atomic mass is 32.2. The van der Waals surface area contributed by atoms with Gasteiger partial charge in [-0.05, 0) is 38.1 Å². The first kappa shape index (κ1) is 16.1. The molecule has 0 saturated heterocycles. The molecule has 0 aliphatic heterocycles. The Kier molecular flexibility index (Phi) is 4.38. The Balaban J connectivity index is 2.91. The van der Waals surface area contributed by atoms with Gasteiger partial charge in [0.1, 0.15) is 5.82 Å². The average Bonchev–Trinajstić information content (AvgIpc) is 2.26. The van der Waals surface area contributed by atoms with Gasteiger partial charge in [-0.2, -0.15) is 0 Å². The number of hydrogen-bond acceptors (Lipinski definition) is 4. The molecule has 19 heavy (non-hydrogen) atoms. The highest BCUT2D eigenvalue weighted by Crippen LogP contribution is 2.16. The summed E-state index contributed by atoms with van der Waals surface area (Å²) in [6, 6.07) is 4.28. The smallest absolute Gasteiger partial charge is 0.229 e. The minimum absolute atomic E-state index is 0.113. The topological polar surface area (TPSA) is 80.3 Å². The molecular formula is C11H16FNO4S2. The lowest BCUT2D eigenvalue weighted by molar-refractivity contribution is 0.537. The van der Waals surface area contributed by atoms with Crippen LogP contribution in [0.3, 0.4) is 0 Å². The fraction of sp³-hybridized carbons (Fsp3) is 0.455. The summed E-state index contributed by atoms with van der Waals surface area (Å²) in [7, 11) is -7.25. The second-order valence-corrected chi connectivity index (χ2v) is 9.23. The molecule has 1 aromatic carbocycles. The van der Waals surface area contributed by atoms with E-state index in [0.717, 1.165) is 30.5 Å². The van der Waals surface area contributed by atoms with Crippen LogP contribution in [-0.2, 0) is 19.9 Å². The number of nitrogens with one attached hydrogen (secondary N) is 1. The minimum atomic E-state index is -3.85. The number of halogens is 1. The lowest BCUT2D eigenvalue weighted by Crippen LogP contribution is -2.43. The van der Waals surface area contributed by atoms with Crippen molar-refractivity contribution in [1.82, 2.24) is 4.72 Å². The van der Waals surface area contributed by atoms with Gasteiger partial charge in [-0.25, -0.2) is 25.9 Å². The first-order chi connectivity index (χ1) is 8.46. The van der Waals surface area contributed by atoms with Crippen molar-refractivity contribution in [3.63, 3.8) is 0 Å². The average molecular weight is 309 g/mol. The standard InChI is InChI=1S/C11H16FNO4S2/c1-11(2,18(3,14)15)8-13-19(16,17)10-6-4-9(12)5-7-10/h4-7,13H,8H2,1-3H3. The van der Waals surface area contributed by atoms with Crippen LogP contribution >= 0.6 is 0 Å². The Labute approximate surface area is 112 Å². The summed E-state index contributed by atoms with van der Waals surface area (Å²) in [6.45, 7) is 2.59. The Bertz CT molecular complexity index is 648. The summed E-state index contributed by atoms with van der Waals surface area (Å²) in [4.78, 5) is -0.113. The molecule has 0 unspecified atom stereocenters. The summed E-state index contributed by atoms with van der Waals surface area (Å²) in [5.74, 6) is -0.546. The van der Waals surface area contributed by atoms with Gasteiger partial charge < -0.3 is 0 Å². The summed E-state index contributed by atoms with van der Waals surface area (Å²) < 4.78 is 60.4. The van der Waals surface area contributed by atoms with E-state index in [-0.39, 0.29) is 11.4 Å². The third-order valence-electron chi connectivity index (χ3n) is 2.82. The van der Waals surface area contributed by atoms with Gasteiger partial charge in [0.05, 0.1) is 9.64 Å². The lowest BCUT2D eigenvalue weighted by atomic mass is 10.2. The molecule has 0 aromatic heterocycles. The molecule has 0 aliphatic rings. The van der Waals surface area contributed by atoms with E-state index in [1.54, 1.807) is 0 Å². The van der Waals surface area contributed by atoms with E-state index in [2.05, 4.69) is 4.72 Å². The van der Waals surface area contributed by atoms with E-state index in [4.69, 9.17) is 0 Å². The van der Waals surface area contributed by atoms with Crippen molar-refractivity contribution in [3.05, 3.63) is 30.1 Å². The van der Waals surface area contributed by atoms with Gasteiger partial charge in [0, 0.05) is 12.8 Å². The molecule has 0 radical (unpaired) electrons. The Morgan fingerprint density at radius 1 is 1.11 bits per heavy atom. The zero-order chi connectivity index (χ0) is 14.9. The largest absolute Gasteiger partial charge is 0.240 e. The fourth-order valence-corrected chi connectivity index (χ4v) is 2.73. The number of hydrogen-bond donors (Lipinski definition) is 1. The molecule has 0 aliphatic carbocycles. The van der Waals surface area contributed by atoms with Crippen molar-refractivity contribution in [1.29, 1.82) is 0 Å². The van der Waals surface area contributed by atoms with Crippen LogP contribution in [0.1, 0.15) is 13.8 Å². The van der Waals surface area contributed by atoms with E-state index in [0.29, 0.717) is 0 Å². The van der Waals surface area contributed by atoms with Crippen LogP contribution in [0.4, 0.5) is 4.39 Å². The maximum atomic E-state index is 12.7. The molecule has 1 rings (SSSR count). The Hall–Kier alpha value is -0.990. The maximum absolute atomic E-state index is 12.7. The SMILES string of the molecule is CC(C)(CNS(=O)(=O)c1ccc(F)cc1)S(C)(=O)=O. The second-order valence-electron chi connectivity index (χ2n) is 4.81. The van der Waals surface area contributed by atoms with Crippen LogP contribution in [0.2, 0.25) is 0 Å². The van der Waals surface area contributed by atoms with Crippen molar-refractivity contribution in [2.75, 3.05) is 12.8 Å². The first-order valence-electron chi connectivity index (χ1n) is 5.40. The molecule has 0 bridgehead atoms. The predicted octanol–water partition coefficient (Wildman–Crippen LogP) is 0.927. The van der Waals surface area contributed by atoms with Gasteiger partial charge in [0.2, 0.25) is 10.0 Å². The van der Waals surface area contributed by atoms with Crippen LogP contribution in [0.5, 0.6) is 0 Å². The van der Waals surface area contributed by atoms with Gasteiger partial charge in [0.25, 0.3) is 0 Å². The summed E-state index contributed by atoms with van der Waals surface area (Å²) >= 11 is 0. The maximum Gasteiger partial charge on any atom is 0.240 e. The first-order valence-corrected chi connectivity index (χ1v) is 8.78. The van der Waals surface area contributed by atoms with Gasteiger partial charge in [0.15, 0.2) is 9.84 Å². The minimum Gasteiger partial charge on any atom is -0.229 e. The van der Waals surface area contributed by atoms with Crippen molar-refractivity contribution < 1.29 is 21.2 Å².